The molecule has 0 radical (unpaired) electrons. The molecule has 1 aliphatic heterocycles. The van der Waals surface area contributed by atoms with E-state index in [9.17, 15) is 9.59 Å². The van der Waals surface area contributed by atoms with Gasteiger partial charge in [0.25, 0.3) is 0 Å². The minimum Gasteiger partial charge on any atom is -0.458 e. The summed E-state index contributed by atoms with van der Waals surface area (Å²) in [6.45, 7) is 10.6. The predicted molar refractivity (Wildman–Crippen MR) is 60.4 cm³/mol. The summed E-state index contributed by atoms with van der Waals surface area (Å²) in [6.07, 6.45) is -1.63. The van der Waals surface area contributed by atoms with Crippen molar-refractivity contribution >= 4 is 11.9 Å². The summed E-state index contributed by atoms with van der Waals surface area (Å²) in [5, 5.41) is 0. The van der Waals surface area contributed by atoms with Gasteiger partial charge in [0.1, 0.15) is 11.2 Å². The molecule has 98 valence electrons. The molecule has 5 heteroatoms. The topological polar surface area (TPSA) is 65.1 Å². The van der Waals surface area contributed by atoms with Gasteiger partial charge < -0.3 is 14.2 Å². The van der Waals surface area contributed by atoms with Gasteiger partial charge in [-0.25, -0.2) is 9.59 Å². The van der Waals surface area contributed by atoms with Crippen LogP contribution >= 0.6 is 0 Å². The molecule has 1 heterocycles. The van der Waals surface area contributed by atoms with Gasteiger partial charge in [-0.1, -0.05) is 0 Å². The largest absolute Gasteiger partial charge is 0.458 e. The van der Waals surface area contributed by atoms with Gasteiger partial charge in [0.2, 0.25) is 0 Å². The molecule has 0 aromatic carbocycles. The third-order valence-electron chi connectivity index (χ3n) is 1.77. The highest BCUT2D eigenvalue weighted by molar-refractivity contribution is 5.90. The lowest BCUT2D eigenvalue weighted by molar-refractivity contribution is -0.159. The van der Waals surface area contributed by atoms with Crippen molar-refractivity contribution in [3.63, 3.8) is 0 Å². The lowest BCUT2D eigenvalue weighted by Crippen LogP contribution is -2.31. The number of esters is 2. The highest BCUT2D eigenvalue weighted by Gasteiger charge is 2.54. The summed E-state index contributed by atoms with van der Waals surface area (Å²) in [5.41, 5.74) is -1.16. The SMILES string of the molecule is CC(C)(C)OC(=O)C1OC1C(=O)OC(C)(C)C. The molecule has 0 amide bonds. The Balaban J connectivity index is 2.44. The number of hydrogen-bond donors (Lipinski definition) is 0. The summed E-state index contributed by atoms with van der Waals surface area (Å²) in [4.78, 5) is 23.1. The smallest absolute Gasteiger partial charge is 0.339 e. The van der Waals surface area contributed by atoms with E-state index < -0.39 is 35.3 Å². The Morgan fingerprint density at radius 1 is 0.824 bits per heavy atom. The first-order valence-corrected chi connectivity index (χ1v) is 5.61. The van der Waals surface area contributed by atoms with Gasteiger partial charge in [0.05, 0.1) is 0 Å². The second-order valence-electron chi connectivity index (χ2n) is 6.04. The minimum atomic E-state index is -0.816. The van der Waals surface area contributed by atoms with Crippen molar-refractivity contribution in [3.8, 4) is 0 Å². The van der Waals surface area contributed by atoms with Crippen LogP contribution in [0.3, 0.4) is 0 Å². The Morgan fingerprint density at radius 2 is 1.12 bits per heavy atom. The van der Waals surface area contributed by atoms with E-state index in [0.29, 0.717) is 0 Å². The molecule has 1 aliphatic rings. The van der Waals surface area contributed by atoms with Gasteiger partial charge in [-0.05, 0) is 41.5 Å². The van der Waals surface area contributed by atoms with Gasteiger partial charge in [-0.15, -0.1) is 0 Å². The molecule has 1 fully saturated rings. The second kappa shape index (κ2) is 4.29. The molecule has 1 rings (SSSR count). The molecule has 0 bridgehead atoms. The van der Waals surface area contributed by atoms with Crippen molar-refractivity contribution in [2.24, 2.45) is 0 Å². The van der Waals surface area contributed by atoms with E-state index in [4.69, 9.17) is 14.2 Å². The summed E-state index contributed by atoms with van der Waals surface area (Å²) < 4.78 is 15.2. The molecule has 0 saturated carbocycles. The highest BCUT2D eigenvalue weighted by Crippen LogP contribution is 2.28. The minimum absolute atomic E-state index is 0.520. The average Bonchev–Trinajstić information content (AvgIpc) is 2.74. The van der Waals surface area contributed by atoms with Crippen LogP contribution in [0.1, 0.15) is 41.5 Å². The molecule has 0 aliphatic carbocycles. The number of hydrogen-bond acceptors (Lipinski definition) is 5. The lowest BCUT2D eigenvalue weighted by atomic mass is 10.2. The van der Waals surface area contributed by atoms with Crippen LogP contribution in [0.25, 0.3) is 0 Å². The van der Waals surface area contributed by atoms with Crippen molar-refractivity contribution in [3.05, 3.63) is 0 Å². The zero-order chi connectivity index (χ0) is 13.4. The van der Waals surface area contributed by atoms with E-state index in [2.05, 4.69) is 0 Å². The summed E-state index contributed by atoms with van der Waals surface area (Å²) >= 11 is 0. The van der Waals surface area contributed by atoms with Crippen LogP contribution in [-0.2, 0) is 23.8 Å². The molecule has 2 atom stereocenters. The summed E-state index contributed by atoms with van der Waals surface area (Å²) in [5.74, 6) is -1.04. The quantitative estimate of drug-likeness (QED) is 0.543. The monoisotopic (exact) mass is 244 g/mol. The van der Waals surface area contributed by atoms with Crippen LogP contribution in [0.15, 0.2) is 0 Å². The van der Waals surface area contributed by atoms with Gasteiger partial charge >= 0.3 is 11.9 Å². The Labute approximate surface area is 101 Å². The third-order valence-corrected chi connectivity index (χ3v) is 1.77. The predicted octanol–water partition coefficient (Wildman–Crippen LogP) is 1.44. The van der Waals surface area contributed by atoms with Gasteiger partial charge in [0, 0.05) is 0 Å². The standard InChI is InChI=1S/C12H20O5/c1-11(2,3)16-9(13)7-8(15-7)10(14)17-12(4,5)6/h7-8H,1-6H3. The van der Waals surface area contributed by atoms with Gasteiger partial charge in [-0.3, -0.25) is 0 Å². The fraction of sp³-hybridized carbons (Fsp3) is 0.833. The summed E-state index contributed by atoms with van der Waals surface area (Å²) in [6, 6.07) is 0. The van der Waals surface area contributed by atoms with Crippen molar-refractivity contribution in [1.29, 1.82) is 0 Å². The maximum absolute atomic E-state index is 11.5. The van der Waals surface area contributed by atoms with E-state index in [0.717, 1.165) is 0 Å². The third kappa shape index (κ3) is 4.73. The maximum atomic E-state index is 11.5. The Hall–Kier alpha value is -1.10. The zero-order valence-corrected chi connectivity index (χ0v) is 11.2. The first-order valence-electron chi connectivity index (χ1n) is 5.61. The zero-order valence-electron chi connectivity index (χ0n) is 11.2. The van der Waals surface area contributed by atoms with Gasteiger partial charge in [0.15, 0.2) is 12.2 Å². The van der Waals surface area contributed by atoms with Crippen molar-refractivity contribution in [2.45, 2.75) is 65.0 Å². The molecule has 0 aromatic rings. The maximum Gasteiger partial charge on any atom is 0.339 e. The van der Waals surface area contributed by atoms with Crippen LogP contribution in [-0.4, -0.2) is 35.3 Å². The fourth-order valence-electron chi connectivity index (χ4n) is 1.19. The number of epoxide rings is 1. The number of carbonyl (C=O) groups is 2. The van der Waals surface area contributed by atoms with Crippen LogP contribution in [0.5, 0.6) is 0 Å². The summed E-state index contributed by atoms with van der Waals surface area (Å²) in [7, 11) is 0. The Kier molecular flexibility index (Phi) is 3.52. The Morgan fingerprint density at radius 3 is 1.35 bits per heavy atom. The van der Waals surface area contributed by atoms with E-state index in [-0.39, 0.29) is 0 Å². The van der Waals surface area contributed by atoms with Crippen LogP contribution in [0, 0.1) is 0 Å². The molecule has 2 unspecified atom stereocenters. The molecule has 1 saturated heterocycles. The number of ether oxygens (including phenoxy) is 3. The second-order valence-corrected chi connectivity index (χ2v) is 6.04. The van der Waals surface area contributed by atoms with Crippen LogP contribution < -0.4 is 0 Å². The molecule has 0 N–H and O–H groups in total. The van der Waals surface area contributed by atoms with E-state index in [1.54, 1.807) is 41.5 Å². The Bertz CT molecular complexity index is 289. The normalized spacial score (nSPS) is 24.1. The average molecular weight is 244 g/mol. The van der Waals surface area contributed by atoms with Crippen LogP contribution in [0.4, 0.5) is 0 Å². The van der Waals surface area contributed by atoms with Gasteiger partial charge in [-0.2, -0.15) is 0 Å². The van der Waals surface area contributed by atoms with E-state index >= 15 is 0 Å². The number of rotatable bonds is 2. The highest BCUT2D eigenvalue weighted by atomic mass is 16.7. The van der Waals surface area contributed by atoms with Crippen molar-refractivity contribution in [2.75, 3.05) is 0 Å². The molecule has 17 heavy (non-hydrogen) atoms. The molecular formula is C12H20O5. The van der Waals surface area contributed by atoms with E-state index in [1.165, 1.54) is 0 Å². The van der Waals surface area contributed by atoms with Crippen LogP contribution in [0.2, 0.25) is 0 Å². The van der Waals surface area contributed by atoms with E-state index in [1.807, 2.05) is 0 Å². The lowest BCUT2D eigenvalue weighted by Gasteiger charge is -2.19. The molecule has 0 spiro atoms. The first kappa shape index (κ1) is 14.0. The first-order chi connectivity index (χ1) is 7.49. The number of carbonyl (C=O) groups excluding carboxylic acids is 2. The van der Waals surface area contributed by atoms with Crippen molar-refractivity contribution in [1.82, 2.24) is 0 Å². The molecular weight excluding hydrogens is 224 g/mol. The van der Waals surface area contributed by atoms with Crippen molar-refractivity contribution < 1.29 is 23.8 Å². The molecule has 0 aromatic heterocycles. The fourth-order valence-corrected chi connectivity index (χ4v) is 1.19. The molecule has 5 nitrogen and oxygen atoms in total.